The number of hydrogen-bond donors (Lipinski definition) is 0. The van der Waals surface area contributed by atoms with Crippen LogP contribution in [0.25, 0.3) is 0 Å². The minimum atomic E-state index is -4.50. The number of nitrogens with zero attached hydrogens (tertiary/aromatic N) is 3. The molecule has 1 atom stereocenters. The minimum Gasteiger partial charge on any atom is -0.356 e. The largest absolute Gasteiger partial charge is 0.433 e. The average molecular weight is 401 g/mol. The van der Waals surface area contributed by atoms with Gasteiger partial charge in [0, 0.05) is 25.4 Å². The maximum Gasteiger partial charge on any atom is 0.433 e. The van der Waals surface area contributed by atoms with Crippen LogP contribution in [0, 0.1) is 11.3 Å². The smallest absolute Gasteiger partial charge is 0.356 e. The van der Waals surface area contributed by atoms with Crippen LogP contribution in [-0.2, 0) is 17.4 Å². The standard InChI is InChI=1S/C22H22F3N3O/c1-15(18-6-4-5-16(13-18)14-26)19(29)9-7-17-8-10-20(22(23,24)25)27-21(17)28-11-2-3-12-28/h4-6,8,10,13,15H,2-3,7,9,11-12H2,1H3. The molecule has 1 aliphatic rings. The van der Waals surface area contributed by atoms with Crippen molar-refractivity contribution in [1.29, 1.82) is 5.26 Å². The van der Waals surface area contributed by atoms with E-state index in [1.807, 2.05) is 4.90 Å². The number of aryl methyl sites for hydroxylation is 1. The molecule has 3 rings (SSSR count). The van der Waals surface area contributed by atoms with Crippen LogP contribution in [0.4, 0.5) is 19.0 Å². The predicted molar refractivity (Wildman–Crippen MR) is 104 cm³/mol. The van der Waals surface area contributed by atoms with Crippen molar-refractivity contribution in [2.45, 2.75) is 44.7 Å². The zero-order valence-electron chi connectivity index (χ0n) is 16.2. The Morgan fingerprint density at radius 1 is 1.24 bits per heavy atom. The number of carbonyl (C=O) groups excluding carboxylic acids is 1. The number of ketones is 1. The molecule has 152 valence electrons. The van der Waals surface area contributed by atoms with E-state index in [1.54, 1.807) is 31.2 Å². The van der Waals surface area contributed by atoms with E-state index in [1.165, 1.54) is 6.07 Å². The molecule has 7 heteroatoms. The van der Waals surface area contributed by atoms with Crippen molar-refractivity contribution >= 4 is 11.6 Å². The van der Waals surface area contributed by atoms with E-state index >= 15 is 0 Å². The minimum absolute atomic E-state index is 0.0210. The summed E-state index contributed by atoms with van der Waals surface area (Å²) < 4.78 is 39.3. The lowest BCUT2D eigenvalue weighted by atomic mass is 9.92. The van der Waals surface area contributed by atoms with Gasteiger partial charge in [-0.05, 0) is 48.6 Å². The first-order valence-corrected chi connectivity index (χ1v) is 9.64. The Kier molecular flexibility index (Phi) is 6.21. The first kappa shape index (κ1) is 20.8. The third kappa shape index (κ3) is 4.94. The summed E-state index contributed by atoms with van der Waals surface area (Å²) in [7, 11) is 0. The molecular weight excluding hydrogens is 379 g/mol. The average Bonchev–Trinajstić information content (AvgIpc) is 3.25. The van der Waals surface area contributed by atoms with Gasteiger partial charge in [-0.25, -0.2) is 4.98 Å². The van der Waals surface area contributed by atoms with Crippen LogP contribution in [0.15, 0.2) is 36.4 Å². The Morgan fingerprint density at radius 3 is 2.62 bits per heavy atom. The van der Waals surface area contributed by atoms with Crippen molar-refractivity contribution in [3.63, 3.8) is 0 Å². The topological polar surface area (TPSA) is 57.0 Å². The molecule has 0 saturated carbocycles. The second-order valence-electron chi connectivity index (χ2n) is 7.30. The van der Waals surface area contributed by atoms with Crippen LogP contribution in [0.1, 0.15) is 54.5 Å². The van der Waals surface area contributed by atoms with Crippen molar-refractivity contribution < 1.29 is 18.0 Å². The summed E-state index contributed by atoms with van der Waals surface area (Å²) >= 11 is 0. The van der Waals surface area contributed by atoms with Gasteiger partial charge >= 0.3 is 6.18 Å². The van der Waals surface area contributed by atoms with Crippen LogP contribution < -0.4 is 4.90 Å². The van der Waals surface area contributed by atoms with E-state index in [2.05, 4.69) is 11.1 Å². The molecule has 1 saturated heterocycles. The molecule has 29 heavy (non-hydrogen) atoms. The summed E-state index contributed by atoms with van der Waals surface area (Å²) in [4.78, 5) is 18.4. The third-order valence-corrected chi connectivity index (χ3v) is 5.29. The normalized spacial score (nSPS) is 15.2. The van der Waals surface area contributed by atoms with Gasteiger partial charge in [0.1, 0.15) is 17.3 Å². The molecular formula is C22H22F3N3O. The number of halogens is 3. The van der Waals surface area contributed by atoms with E-state index in [-0.39, 0.29) is 18.1 Å². The number of rotatable bonds is 6. The quantitative estimate of drug-likeness (QED) is 0.692. The third-order valence-electron chi connectivity index (χ3n) is 5.29. The summed E-state index contributed by atoms with van der Waals surface area (Å²) in [6.07, 6.45) is -2.13. The zero-order valence-corrected chi connectivity index (χ0v) is 16.2. The molecule has 1 aromatic carbocycles. The van der Waals surface area contributed by atoms with E-state index in [0.717, 1.165) is 24.5 Å². The van der Waals surface area contributed by atoms with E-state index < -0.39 is 11.9 Å². The van der Waals surface area contributed by atoms with Gasteiger partial charge in [0.2, 0.25) is 0 Å². The number of alkyl halides is 3. The van der Waals surface area contributed by atoms with Crippen molar-refractivity contribution in [3.8, 4) is 6.07 Å². The molecule has 0 spiro atoms. The Bertz CT molecular complexity index is 928. The maximum atomic E-state index is 13.1. The fourth-order valence-electron chi connectivity index (χ4n) is 3.57. The summed E-state index contributed by atoms with van der Waals surface area (Å²) in [6, 6.07) is 11.4. The fourth-order valence-corrected chi connectivity index (χ4v) is 3.57. The highest BCUT2D eigenvalue weighted by Crippen LogP contribution is 2.32. The number of pyridine rings is 1. The molecule has 4 nitrogen and oxygen atoms in total. The van der Waals surface area contributed by atoms with Crippen molar-refractivity contribution in [2.24, 2.45) is 0 Å². The maximum absolute atomic E-state index is 13.1. The number of nitriles is 1. The van der Waals surface area contributed by atoms with Gasteiger partial charge < -0.3 is 4.90 Å². The summed E-state index contributed by atoms with van der Waals surface area (Å²) in [5.41, 5.74) is 1.01. The Hall–Kier alpha value is -2.88. The summed E-state index contributed by atoms with van der Waals surface area (Å²) in [6.45, 7) is 3.13. The SMILES string of the molecule is CC(C(=O)CCc1ccc(C(F)(F)F)nc1N1CCCC1)c1cccc(C#N)c1. The van der Waals surface area contributed by atoms with Crippen LogP contribution >= 0.6 is 0 Å². The molecule has 1 aliphatic heterocycles. The van der Waals surface area contributed by atoms with Crippen molar-refractivity contribution in [3.05, 3.63) is 58.8 Å². The molecule has 1 fully saturated rings. The highest BCUT2D eigenvalue weighted by atomic mass is 19.4. The van der Waals surface area contributed by atoms with E-state index in [9.17, 15) is 18.0 Å². The number of carbonyl (C=O) groups is 1. The molecule has 1 unspecified atom stereocenters. The van der Waals surface area contributed by atoms with E-state index in [4.69, 9.17) is 5.26 Å². The number of Topliss-reactive ketones (excluding diaryl/α,β-unsaturated/α-hetero) is 1. The molecule has 0 bridgehead atoms. The molecule has 2 aromatic rings. The second-order valence-corrected chi connectivity index (χ2v) is 7.30. The van der Waals surface area contributed by atoms with Gasteiger partial charge in [0.15, 0.2) is 0 Å². The molecule has 0 amide bonds. The summed E-state index contributed by atoms with van der Waals surface area (Å²) in [5.74, 6) is -0.0717. The first-order chi connectivity index (χ1) is 13.8. The fraction of sp³-hybridized carbons (Fsp3) is 0.409. The second kappa shape index (κ2) is 8.64. The van der Waals surface area contributed by atoms with Crippen molar-refractivity contribution in [1.82, 2.24) is 4.98 Å². The highest BCUT2D eigenvalue weighted by Gasteiger charge is 2.34. The van der Waals surface area contributed by atoms with Gasteiger partial charge in [-0.1, -0.05) is 25.1 Å². The molecule has 0 N–H and O–H groups in total. The molecule has 0 aliphatic carbocycles. The predicted octanol–water partition coefficient (Wildman–Crippen LogP) is 4.88. The van der Waals surface area contributed by atoms with Gasteiger partial charge in [0.25, 0.3) is 0 Å². The van der Waals surface area contributed by atoms with E-state index in [0.29, 0.717) is 36.5 Å². The number of aromatic nitrogens is 1. The molecule has 1 aromatic heterocycles. The molecule has 2 heterocycles. The monoisotopic (exact) mass is 401 g/mol. The lowest BCUT2D eigenvalue weighted by molar-refractivity contribution is -0.141. The van der Waals surface area contributed by atoms with Gasteiger partial charge in [-0.3, -0.25) is 4.79 Å². The first-order valence-electron chi connectivity index (χ1n) is 9.64. The number of hydrogen-bond acceptors (Lipinski definition) is 4. The van der Waals surface area contributed by atoms with Gasteiger partial charge in [-0.15, -0.1) is 0 Å². The Labute approximate surface area is 168 Å². The number of anilines is 1. The lowest BCUT2D eigenvalue weighted by Gasteiger charge is -2.22. The summed E-state index contributed by atoms with van der Waals surface area (Å²) in [5, 5.41) is 9.02. The van der Waals surface area contributed by atoms with Crippen molar-refractivity contribution in [2.75, 3.05) is 18.0 Å². The van der Waals surface area contributed by atoms with Crippen LogP contribution in [0.5, 0.6) is 0 Å². The molecule has 0 radical (unpaired) electrons. The number of benzene rings is 1. The van der Waals surface area contributed by atoms with Gasteiger partial charge in [0.05, 0.1) is 11.6 Å². The Morgan fingerprint density at radius 2 is 1.97 bits per heavy atom. The van der Waals surface area contributed by atoms with Crippen LogP contribution in [0.2, 0.25) is 0 Å². The van der Waals surface area contributed by atoms with Crippen LogP contribution in [0.3, 0.4) is 0 Å². The Balaban J connectivity index is 1.77. The highest BCUT2D eigenvalue weighted by molar-refractivity contribution is 5.85. The van der Waals surface area contributed by atoms with Crippen LogP contribution in [-0.4, -0.2) is 23.9 Å². The van der Waals surface area contributed by atoms with Gasteiger partial charge in [-0.2, -0.15) is 18.4 Å². The lowest BCUT2D eigenvalue weighted by Crippen LogP contribution is -2.23. The zero-order chi connectivity index (χ0) is 21.0.